The van der Waals surface area contributed by atoms with Crippen molar-refractivity contribution in [3.8, 4) is 0 Å². The lowest BCUT2D eigenvalue weighted by Gasteiger charge is -2.30. The summed E-state index contributed by atoms with van der Waals surface area (Å²) in [4.78, 5) is 25.3. The Kier molecular flexibility index (Phi) is 6.52. The molecular weight excluding hydrogens is 366 g/mol. The van der Waals surface area contributed by atoms with Gasteiger partial charge in [0.05, 0.1) is 35.7 Å². The van der Waals surface area contributed by atoms with Crippen molar-refractivity contribution >= 4 is 23.4 Å². The van der Waals surface area contributed by atoms with Gasteiger partial charge in [-0.05, 0) is 49.8 Å². The van der Waals surface area contributed by atoms with Crippen molar-refractivity contribution in [1.29, 1.82) is 0 Å². The second-order valence-electron chi connectivity index (χ2n) is 6.64. The Hall–Kier alpha value is -2.32. The first kappa shape index (κ1) is 19.4. The van der Waals surface area contributed by atoms with Gasteiger partial charge in [0.25, 0.3) is 11.6 Å². The molecule has 1 fully saturated rings. The molecule has 1 aromatic carbocycles. The van der Waals surface area contributed by atoms with Gasteiger partial charge < -0.3 is 14.6 Å². The highest BCUT2D eigenvalue weighted by Gasteiger charge is 2.29. The molecule has 0 aliphatic carbocycles. The molecule has 0 unspecified atom stereocenters. The lowest BCUT2D eigenvalue weighted by Crippen LogP contribution is -3.13. The summed E-state index contributed by atoms with van der Waals surface area (Å²) in [7, 11) is 0. The van der Waals surface area contributed by atoms with E-state index in [0.717, 1.165) is 18.8 Å². The fourth-order valence-corrected chi connectivity index (χ4v) is 4.11. The van der Waals surface area contributed by atoms with Crippen molar-refractivity contribution < 1.29 is 19.0 Å². The molecular formula is C19H24N3O4S+. The number of carbonyl (C=O) groups excluding carboxylic acids is 1. The van der Waals surface area contributed by atoms with Crippen LogP contribution in [0.15, 0.2) is 45.9 Å². The zero-order valence-electron chi connectivity index (χ0n) is 15.3. The minimum absolute atomic E-state index is 0.0422. The number of nitrogens with zero attached hydrogens (tertiary/aromatic N) is 1. The molecule has 1 amide bonds. The molecule has 144 valence electrons. The summed E-state index contributed by atoms with van der Waals surface area (Å²) in [6, 6.07) is 8.44. The number of nitrogens with one attached hydrogen (secondary N) is 2. The van der Waals surface area contributed by atoms with Crippen LogP contribution in [0.3, 0.4) is 0 Å². The lowest BCUT2D eigenvalue weighted by molar-refractivity contribution is -0.936. The molecule has 0 saturated carbocycles. The average molecular weight is 390 g/mol. The third-order valence-corrected chi connectivity index (χ3v) is 5.76. The summed E-state index contributed by atoms with van der Waals surface area (Å²) in [5.74, 6) is 0.551. The van der Waals surface area contributed by atoms with Gasteiger partial charge in [-0.3, -0.25) is 14.9 Å². The molecule has 3 rings (SSSR count). The first-order chi connectivity index (χ1) is 13.1. The minimum atomic E-state index is -0.452. The SMILES string of the molecule is CSc1ccc(C(=O)NC[C@H](c2ccco2)[NH+]2CCCCC2)cc1[N+](=O)[O-]. The summed E-state index contributed by atoms with van der Waals surface area (Å²) < 4.78 is 5.60. The Morgan fingerprint density at radius 2 is 2.11 bits per heavy atom. The second kappa shape index (κ2) is 9.05. The number of nitro benzene ring substituents is 1. The fourth-order valence-electron chi connectivity index (χ4n) is 3.56. The highest BCUT2D eigenvalue weighted by atomic mass is 32.2. The molecule has 2 heterocycles. The van der Waals surface area contributed by atoms with Crippen LogP contribution in [-0.4, -0.2) is 36.7 Å². The van der Waals surface area contributed by atoms with Crippen LogP contribution in [0.5, 0.6) is 0 Å². The number of furan rings is 1. The Bertz CT molecular complexity index is 788. The lowest BCUT2D eigenvalue weighted by atomic mass is 10.1. The van der Waals surface area contributed by atoms with E-state index in [9.17, 15) is 14.9 Å². The predicted molar refractivity (Wildman–Crippen MR) is 103 cm³/mol. The van der Waals surface area contributed by atoms with Gasteiger partial charge >= 0.3 is 0 Å². The molecule has 1 aliphatic rings. The van der Waals surface area contributed by atoms with E-state index >= 15 is 0 Å². The standard InChI is InChI=1S/C19H23N3O4S/c1-27-18-8-7-14(12-15(18)22(24)25)19(23)20-13-16(17-6-5-11-26-17)21-9-3-2-4-10-21/h5-8,11-12,16H,2-4,9-10,13H2,1H3,(H,20,23)/p+1/t16-/m1/s1. The van der Waals surface area contributed by atoms with Gasteiger partial charge in [0.1, 0.15) is 0 Å². The van der Waals surface area contributed by atoms with Crippen LogP contribution in [0.4, 0.5) is 5.69 Å². The third kappa shape index (κ3) is 4.70. The number of hydrogen-bond acceptors (Lipinski definition) is 5. The number of quaternary nitrogens is 1. The Morgan fingerprint density at radius 1 is 1.33 bits per heavy atom. The molecule has 27 heavy (non-hydrogen) atoms. The van der Waals surface area contributed by atoms with Crippen molar-refractivity contribution in [2.75, 3.05) is 25.9 Å². The van der Waals surface area contributed by atoms with Crippen molar-refractivity contribution in [3.05, 3.63) is 58.0 Å². The molecule has 1 aliphatic heterocycles. The van der Waals surface area contributed by atoms with Gasteiger partial charge in [0.15, 0.2) is 11.8 Å². The van der Waals surface area contributed by atoms with E-state index in [1.807, 2.05) is 12.1 Å². The number of hydrogen-bond donors (Lipinski definition) is 2. The van der Waals surface area contributed by atoms with Crippen LogP contribution in [0.2, 0.25) is 0 Å². The molecule has 0 radical (unpaired) electrons. The Labute approximate surface area is 162 Å². The van der Waals surface area contributed by atoms with E-state index in [0.29, 0.717) is 17.0 Å². The first-order valence-electron chi connectivity index (χ1n) is 9.08. The van der Waals surface area contributed by atoms with Crippen molar-refractivity contribution in [2.24, 2.45) is 0 Å². The van der Waals surface area contributed by atoms with E-state index < -0.39 is 4.92 Å². The molecule has 2 aromatic rings. The van der Waals surface area contributed by atoms with Gasteiger partial charge in [-0.1, -0.05) is 0 Å². The number of nitro groups is 1. The molecule has 1 atom stereocenters. The Morgan fingerprint density at radius 3 is 2.74 bits per heavy atom. The van der Waals surface area contributed by atoms with Gasteiger partial charge in [-0.2, -0.15) is 0 Å². The smallest absolute Gasteiger partial charge is 0.283 e. The number of likely N-dealkylation sites (tertiary alicyclic amines) is 1. The molecule has 0 spiro atoms. The maximum atomic E-state index is 12.6. The number of carbonyl (C=O) groups is 1. The van der Waals surface area contributed by atoms with Crippen molar-refractivity contribution in [3.63, 3.8) is 0 Å². The minimum Gasteiger partial charge on any atom is -0.463 e. The van der Waals surface area contributed by atoms with Gasteiger partial charge in [0, 0.05) is 11.6 Å². The maximum absolute atomic E-state index is 12.6. The number of thioether (sulfide) groups is 1. The third-order valence-electron chi connectivity index (χ3n) is 4.98. The Balaban J connectivity index is 1.72. The zero-order valence-corrected chi connectivity index (χ0v) is 16.1. The van der Waals surface area contributed by atoms with Crippen LogP contribution >= 0.6 is 11.8 Å². The van der Waals surface area contributed by atoms with E-state index in [2.05, 4.69) is 5.32 Å². The largest absolute Gasteiger partial charge is 0.463 e. The highest BCUT2D eigenvalue weighted by Crippen LogP contribution is 2.28. The van der Waals surface area contributed by atoms with Crippen LogP contribution in [0.1, 0.15) is 41.4 Å². The van der Waals surface area contributed by atoms with Gasteiger partial charge in [0.2, 0.25) is 0 Å². The molecule has 7 nitrogen and oxygen atoms in total. The molecule has 0 bridgehead atoms. The summed E-state index contributed by atoms with van der Waals surface area (Å²) in [6.07, 6.45) is 7.01. The summed E-state index contributed by atoms with van der Waals surface area (Å²) >= 11 is 1.29. The summed E-state index contributed by atoms with van der Waals surface area (Å²) in [5, 5.41) is 14.2. The van der Waals surface area contributed by atoms with Crippen molar-refractivity contribution in [1.82, 2.24) is 5.32 Å². The van der Waals surface area contributed by atoms with Crippen molar-refractivity contribution in [2.45, 2.75) is 30.2 Å². The summed E-state index contributed by atoms with van der Waals surface area (Å²) in [6.45, 7) is 2.53. The first-order valence-corrected chi connectivity index (χ1v) is 10.3. The van der Waals surface area contributed by atoms with Crippen LogP contribution in [0.25, 0.3) is 0 Å². The van der Waals surface area contributed by atoms with Gasteiger partial charge in [-0.15, -0.1) is 11.8 Å². The van der Waals surface area contributed by atoms with Gasteiger partial charge in [-0.25, -0.2) is 0 Å². The fraction of sp³-hybridized carbons (Fsp3) is 0.421. The summed E-state index contributed by atoms with van der Waals surface area (Å²) in [5.41, 5.74) is 0.255. The topological polar surface area (TPSA) is 89.8 Å². The average Bonchev–Trinajstić information content (AvgIpc) is 3.22. The van der Waals surface area contributed by atoms with E-state index in [1.54, 1.807) is 24.7 Å². The number of rotatable bonds is 7. The number of amides is 1. The molecule has 1 saturated heterocycles. The quantitative estimate of drug-likeness (QED) is 0.431. The van der Waals surface area contributed by atoms with Crippen LogP contribution in [-0.2, 0) is 0 Å². The number of piperidine rings is 1. The monoisotopic (exact) mass is 390 g/mol. The highest BCUT2D eigenvalue weighted by molar-refractivity contribution is 7.98. The molecule has 1 aromatic heterocycles. The zero-order chi connectivity index (χ0) is 19.2. The second-order valence-corrected chi connectivity index (χ2v) is 7.49. The predicted octanol–water partition coefficient (Wildman–Crippen LogP) is 2.45. The van der Waals surface area contributed by atoms with E-state index in [1.165, 1.54) is 42.0 Å². The maximum Gasteiger partial charge on any atom is 0.283 e. The van der Waals surface area contributed by atoms with E-state index in [-0.39, 0.29) is 17.6 Å². The molecule has 8 heteroatoms. The van der Waals surface area contributed by atoms with Crippen LogP contribution < -0.4 is 10.2 Å². The normalized spacial score (nSPS) is 16.0. The number of benzene rings is 1. The van der Waals surface area contributed by atoms with Crippen LogP contribution in [0, 0.1) is 10.1 Å². The van der Waals surface area contributed by atoms with E-state index in [4.69, 9.17) is 4.42 Å². The molecule has 2 N–H and O–H groups in total.